The smallest absolute Gasteiger partial charge is 0.181 e. The van der Waals surface area contributed by atoms with E-state index in [2.05, 4.69) is 17.2 Å². The van der Waals surface area contributed by atoms with Crippen LogP contribution >= 0.6 is 0 Å². The average molecular weight is 212 g/mol. The van der Waals surface area contributed by atoms with E-state index in [1.807, 2.05) is 13.8 Å². The fourth-order valence-electron chi connectivity index (χ4n) is 1.18. The third-order valence-electron chi connectivity index (χ3n) is 1.99. The predicted molar refractivity (Wildman–Crippen MR) is 58.4 cm³/mol. The Morgan fingerprint density at radius 1 is 1.53 bits per heavy atom. The van der Waals surface area contributed by atoms with E-state index in [0.29, 0.717) is 6.61 Å². The summed E-state index contributed by atoms with van der Waals surface area (Å²) in [4.78, 5) is 4.16. The van der Waals surface area contributed by atoms with E-state index in [9.17, 15) is 0 Å². The summed E-state index contributed by atoms with van der Waals surface area (Å²) in [6.45, 7) is 8.40. The van der Waals surface area contributed by atoms with Crippen LogP contribution in [0.1, 0.15) is 38.6 Å². The lowest BCUT2D eigenvalue weighted by atomic mass is 10.3. The highest BCUT2D eigenvalue weighted by molar-refractivity contribution is 5.05. The first-order valence-corrected chi connectivity index (χ1v) is 5.47. The average Bonchev–Trinajstić information content (AvgIpc) is 2.63. The number of rotatable bonds is 7. The van der Waals surface area contributed by atoms with Crippen molar-refractivity contribution in [3.05, 3.63) is 17.8 Å². The molecule has 0 aliphatic rings. The first-order valence-electron chi connectivity index (χ1n) is 5.47. The summed E-state index contributed by atoms with van der Waals surface area (Å²) in [5, 5.41) is 3.29. The van der Waals surface area contributed by atoms with Crippen molar-refractivity contribution in [3.63, 3.8) is 0 Å². The number of oxazole rings is 1. The molecular weight excluding hydrogens is 192 g/mol. The minimum Gasteiger partial charge on any atom is -0.446 e. The fourth-order valence-corrected chi connectivity index (χ4v) is 1.18. The van der Waals surface area contributed by atoms with Crippen molar-refractivity contribution in [2.75, 3.05) is 6.54 Å². The van der Waals surface area contributed by atoms with E-state index in [1.165, 1.54) is 6.39 Å². The second kappa shape index (κ2) is 6.58. The Balaban J connectivity index is 2.39. The Morgan fingerprint density at radius 3 is 3.00 bits per heavy atom. The molecule has 0 radical (unpaired) electrons. The van der Waals surface area contributed by atoms with Gasteiger partial charge in [-0.1, -0.05) is 6.92 Å². The van der Waals surface area contributed by atoms with Crippen molar-refractivity contribution >= 4 is 0 Å². The number of nitrogens with one attached hydrogen (secondary N) is 1. The van der Waals surface area contributed by atoms with Crippen molar-refractivity contribution < 1.29 is 9.15 Å². The number of hydrogen-bond acceptors (Lipinski definition) is 4. The summed E-state index contributed by atoms with van der Waals surface area (Å²) < 4.78 is 10.7. The maximum atomic E-state index is 5.47. The Hall–Kier alpha value is -0.870. The minimum atomic E-state index is 0.214. The molecule has 1 heterocycles. The predicted octanol–water partition coefficient (Wildman–Crippen LogP) is 2.10. The highest BCUT2D eigenvalue weighted by Gasteiger charge is 2.08. The minimum absolute atomic E-state index is 0.214. The molecule has 1 aromatic rings. The Kier molecular flexibility index (Phi) is 5.36. The van der Waals surface area contributed by atoms with E-state index in [0.717, 1.165) is 31.0 Å². The van der Waals surface area contributed by atoms with Gasteiger partial charge >= 0.3 is 0 Å². The Bertz CT molecular complexity index is 271. The first-order chi connectivity index (χ1) is 7.24. The summed E-state index contributed by atoms with van der Waals surface area (Å²) in [5.74, 6) is 0.826. The molecule has 4 nitrogen and oxygen atoms in total. The molecule has 0 saturated carbocycles. The highest BCUT2D eigenvalue weighted by Crippen LogP contribution is 2.09. The van der Waals surface area contributed by atoms with Crippen molar-refractivity contribution in [2.45, 2.75) is 46.4 Å². The number of nitrogens with zero attached hydrogens (tertiary/aromatic N) is 1. The summed E-state index contributed by atoms with van der Waals surface area (Å²) in [7, 11) is 0. The lowest BCUT2D eigenvalue weighted by Gasteiger charge is -2.06. The SMILES string of the molecule is CCCNCc1ncoc1COC(C)C. The van der Waals surface area contributed by atoms with Crippen LogP contribution in [0.4, 0.5) is 0 Å². The lowest BCUT2D eigenvalue weighted by Crippen LogP contribution is -2.15. The van der Waals surface area contributed by atoms with Gasteiger partial charge in [-0.3, -0.25) is 0 Å². The van der Waals surface area contributed by atoms with Crippen LogP contribution in [0.2, 0.25) is 0 Å². The second-order valence-corrected chi connectivity index (χ2v) is 3.76. The van der Waals surface area contributed by atoms with Gasteiger partial charge in [0, 0.05) is 6.54 Å². The standard InChI is InChI=1S/C11H20N2O2/c1-4-5-12-6-10-11(15-8-13-10)7-14-9(2)3/h8-9,12H,4-7H2,1-3H3. The van der Waals surface area contributed by atoms with Gasteiger partial charge in [-0.2, -0.15) is 0 Å². The quantitative estimate of drug-likeness (QED) is 0.703. The monoisotopic (exact) mass is 212 g/mol. The van der Waals surface area contributed by atoms with Gasteiger partial charge in [-0.15, -0.1) is 0 Å². The van der Waals surface area contributed by atoms with E-state index in [-0.39, 0.29) is 6.10 Å². The topological polar surface area (TPSA) is 47.3 Å². The third kappa shape index (κ3) is 4.44. The third-order valence-corrected chi connectivity index (χ3v) is 1.99. The van der Waals surface area contributed by atoms with Gasteiger partial charge in [0.25, 0.3) is 0 Å². The van der Waals surface area contributed by atoms with E-state index >= 15 is 0 Å². The number of aromatic nitrogens is 1. The van der Waals surface area contributed by atoms with Crippen LogP contribution < -0.4 is 5.32 Å². The largest absolute Gasteiger partial charge is 0.446 e. The van der Waals surface area contributed by atoms with Crippen molar-refractivity contribution in [1.82, 2.24) is 10.3 Å². The fraction of sp³-hybridized carbons (Fsp3) is 0.727. The molecule has 0 unspecified atom stereocenters. The van der Waals surface area contributed by atoms with E-state index in [4.69, 9.17) is 9.15 Å². The van der Waals surface area contributed by atoms with Crippen LogP contribution in [-0.4, -0.2) is 17.6 Å². The zero-order valence-corrected chi connectivity index (χ0v) is 9.75. The highest BCUT2D eigenvalue weighted by atomic mass is 16.5. The summed E-state index contributed by atoms with van der Waals surface area (Å²) in [6, 6.07) is 0. The van der Waals surface area contributed by atoms with Crippen molar-refractivity contribution in [2.24, 2.45) is 0 Å². The molecular formula is C11H20N2O2. The van der Waals surface area contributed by atoms with Crippen molar-refractivity contribution in [1.29, 1.82) is 0 Å². The summed E-state index contributed by atoms with van der Waals surface area (Å²) in [5.41, 5.74) is 0.948. The van der Waals surface area contributed by atoms with Crippen LogP contribution in [-0.2, 0) is 17.9 Å². The molecule has 1 N–H and O–H groups in total. The van der Waals surface area contributed by atoms with Gasteiger partial charge in [0.05, 0.1) is 11.8 Å². The molecule has 4 heteroatoms. The van der Waals surface area contributed by atoms with Crippen LogP contribution in [0.15, 0.2) is 10.8 Å². The lowest BCUT2D eigenvalue weighted by molar-refractivity contribution is 0.0539. The van der Waals surface area contributed by atoms with Crippen LogP contribution in [0.3, 0.4) is 0 Å². The Morgan fingerprint density at radius 2 is 2.33 bits per heavy atom. The number of hydrogen-bond donors (Lipinski definition) is 1. The van der Waals surface area contributed by atoms with Gasteiger partial charge in [-0.25, -0.2) is 4.98 Å². The molecule has 0 bridgehead atoms. The molecule has 0 atom stereocenters. The maximum absolute atomic E-state index is 5.47. The molecule has 0 amide bonds. The second-order valence-electron chi connectivity index (χ2n) is 3.76. The zero-order chi connectivity index (χ0) is 11.1. The normalized spacial score (nSPS) is 11.2. The molecule has 0 fully saturated rings. The summed E-state index contributed by atoms with van der Waals surface area (Å²) >= 11 is 0. The molecule has 15 heavy (non-hydrogen) atoms. The van der Waals surface area contributed by atoms with Gasteiger partial charge in [0.15, 0.2) is 12.2 Å². The molecule has 0 aliphatic carbocycles. The molecule has 0 spiro atoms. The molecule has 0 aliphatic heterocycles. The van der Waals surface area contributed by atoms with Crippen LogP contribution in [0.25, 0.3) is 0 Å². The zero-order valence-electron chi connectivity index (χ0n) is 9.75. The van der Waals surface area contributed by atoms with Crippen LogP contribution in [0, 0.1) is 0 Å². The van der Waals surface area contributed by atoms with Crippen molar-refractivity contribution in [3.8, 4) is 0 Å². The maximum Gasteiger partial charge on any atom is 0.181 e. The van der Waals surface area contributed by atoms with Crippen LogP contribution in [0.5, 0.6) is 0 Å². The Labute approximate surface area is 91.0 Å². The molecule has 0 aromatic carbocycles. The van der Waals surface area contributed by atoms with E-state index in [1.54, 1.807) is 0 Å². The van der Waals surface area contributed by atoms with Gasteiger partial charge in [0.1, 0.15) is 6.61 Å². The molecule has 1 aromatic heterocycles. The van der Waals surface area contributed by atoms with Gasteiger partial charge < -0.3 is 14.5 Å². The first kappa shape index (κ1) is 12.2. The summed E-state index contributed by atoms with van der Waals surface area (Å²) in [6.07, 6.45) is 2.81. The van der Waals surface area contributed by atoms with Gasteiger partial charge in [0.2, 0.25) is 0 Å². The van der Waals surface area contributed by atoms with E-state index < -0.39 is 0 Å². The number of ether oxygens (including phenoxy) is 1. The molecule has 86 valence electrons. The molecule has 0 saturated heterocycles. The van der Waals surface area contributed by atoms with Gasteiger partial charge in [-0.05, 0) is 26.8 Å². The molecule has 1 rings (SSSR count).